The van der Waals surface area contributed by atoms with Crippen LogP contribution in [0.3, 0.4) is 0 Å². The highest BCUT2D eigenvalue weighted by Crippen LogP contribution is 2.36. The van der Waals surface area contributed by atoms with Crippen LogP contribution >= 0.6 is 11.6 Å². The lowest BCUT2D eigenvalue weighted by molar-refractivity contribution is -0.384. The zero-order valence-electron chi connectivity index (χ0n) is 15.1. The molecule has 2 rings (SSSR count). The third-order valence-corrected chi connectivity index (χ3v) is 3.79. The minimum Gasteiger partial charge on any atom is -0.493 e. The molecular formula is C18H16ClN3O7. The van der Waals surface area contributed by atoms with Gasteiger partial charge >= 0.3 is 5.97 Å². The first kappa shape index (κ1) is 21.6. The molecule has 0 fully saturated rings. The summed E-state index contributed by atoms with van der Waals surface area (Å²) in [6, 6.07) is 8.58. The van der Waals surface area contributed by atoms with Crippen molar-refractivity contribution in [2.75, 3.05) is 13.7 Å². The van der Waals surface area contributed by atoms with E-state index in [1.807, 2.05) is 0 Å². The molecule has 0 aliphatic heterocycles. The van der Waals surface area contributed by atoms with Gasteiger partial charge in [-0.1, -0.05) is 23.7 Å². The maximum absolute atomic E-state index is 11.9. The summed E-state index contributed by atoms with van der Waals surface area (Å²) in [5.74, 6) is -1.30. The monoisotopic (exact) mass is 421 g/mol. The average molecular weight is 422 g/mol. The zero-order valence-corrected chi connectivity index (χ0v) is 15.9. The quantitative estimate of drug-likeness (QED) is 0.360. The van der Waals surface area contributed by atoms with E-state index >= 15 is 0 Å². The number of amides is 1. The minimum atomic E-state index is -1.16. The predicted octanol–water partition coefficient (Wildman–Crippen LogP) is 2.41. The summed E-state index contributed by atoms with van der Waals surface area (Å²) in [4.78, 5) is 32.7. The minimum absolute atomic E-state index is 0.0125. The van der Waals surface area contributed by atoms with E-state index in [9.17, 15) is 19.7 Å². The number of nitrogens with zero attached hydrogens (tertiary/aromatic N) is 2. The van der Waals surface area contributed by atoms with E-state index in [2.05, 4.69) is 10.5 Å². The molecule has 0 radical (unpaired) electrons. The highest BCUT2D eigenvalue weighted by Gasteiger charge is 2.13. The van der Waals surface area contributed by atoms with E-state index in [1.54, 1.807) is 0 Å². The number of carboxylic acid groups (broad SMARTS) is 1. The molecule has 1 amide bonds. The molecule has 10 nitrogen and oxygen atoms in total. The highest BCUT2D eigenvalue weighted by atomic mass is 35.5. The number of carboxylic acids is 1. The number of hydrogen-bond acceptors (Lipinski definition) is 7. The Kier molecular flexibility index (Phi) is 7.49. The van der Waals surface area contributed by atoms with Crippen molar-refractivity contribution < 1.29 is 29.1 Å². The Morgan fingerprint density at radius 3 is 2.59 bits per heavy atom. The Morgan fingerprint density at radius 2 is 2.00 bits per heavy atom. The summed E-state index contributed by atoms with van der Waals surface area (Å²) in [6.07, 6.45) is 1.31. The van der Waals surface area contributed by atoms with Crippen molar-refractivity contribution in [2.45, 2.75) is 6.42 Å². The normalized spacial score (nSPS) is 10.6. The van der Waals surface area contributed by atoms with E-state index in [1.165, 1.54) is 49.7 Å². The molecular weight excluding hydrogens is 406 g/mol. The number of aliphatic carboxylic acids is 1. The molecule has 0 aliphatic rings. The first-order chi connectivity index (χ1) is 13.8. The number of methoxy groups -OCH3 is 1. The molecule has 0 spiro atoms. The summed E-state index contributed by atoms with van der Waals surface area (Å²) in [7, 11) is 1.37. The van der Waals surface area contributed by atoms with Gasteiger partial charge in [-0.25, -0.2) is 10.2 Å². The number of hydrogen-bond donors (Lipinski definition) is 2. The predicted molar refractivity (Wildman–Crippen MR) is 104 cm³/mol. The second kappa shape index (κ2) is 10.0. The molecule has 2 aromatic rings. The third kappa shape index (κ3) is 6.47. The van der Waals surface area contributed by atoms with E-state index in [0.717, 1.165) is 0 Å². The highest BCUT2D eigenvalue weighted by molar-refractivity contribution is 6.32. The average Bonchev–Trinajstić information content (AvgIpc) is 2.67. The van der Waals surface area contributed by atoms with Gasteiger partial charge in [0.25, 0.3) is 5.69 Å². The number of nitrogens with one attached hydrogen (secondary N) is 1. The Balaban J connectivity index is 2.00. The number of halogens is 1. The zero-order chi connectivity index (χ0) is 21.4. The fraction of sp³-hybridized carbons (Fsp3) is 0.167. The first-order valence-corrected chi connectivity index (χ1v) is 8.45. The van der Waals surface area contributed by atoms with Crippen molar-refractivity contribution in [1.82, 2.24) is 5.43 Å². The number of hydrazone groups is 1. The molecule has 0 heterocycles. The van der Waals surface area contributed by atoms with Gasteiger partial charge in [0, 0.05) is 12.1 Å². The largest absolute Gasteiger partial charge is 0.493 e. The molecule has 152 valence electrons. The molecule has 0 saturated heterocycles. The Hall–Kier alpha value is -3.66. The molecule has 2 N–H and O–H groups in total. The van der Waals surface area contributed by atoms with E-state index < -0.39 is 23.4 Å². The second-order valence-electron chi connectivity index (χ2n) is 5.61. The molecule has 0 bridgehead atoms. The van der Waals surface area contributed by atoms with Gasteiger partial charge in [-0.15, -0.1) is 0 Å². The van der Waals surface area contributed by atoms with Crippen molar-refractivity contribution in [2.24, 2.45) is 5.10 Å². The molecule has 0 atom stereocenters. The Morgan fingerprint density at radius 1 is 1.31 bits per heavy atom. The fourth-order valence-corrected chi connectivity index (χ4v) is 2.50. The second-order valence-corrected chi connectivity index (χ2v) is 6.02. The molecule has 0 saturated carbocycles. The molecule has 0 unspecified atom stereocenters. The van der Waals surface area contributed by atoms with Gasteiger partial charge in [-0.2, -0.15) is 5.10 Å². The summed E-state index contributed by atoms with van der Waals surface area (Å²) in [5, 5.41) is 23.3. The van der Waals surface area contributed by atoms with Crippen LogP contribution in [-0.4, -0.2) is 41.8 Å². The number of rotatable bonds is 9. The maximum Gasteiger partial charge on any atom is 0.341 e. The van der Waals surface area contributed by atoms with Gasteiger partial charge in [-0.05, 0) is 23.3 Å². The van der Waals surface area contributed by atoms with Gasteiger partial charge in [-0.3, -0.25) is 14.9 Å². The number of nitro benzene ring substituents is 1. The fourth-order valence-electron chi connectivity index (χ4n) is 2.23. The molecule has 0 aromatic heterocycles. The molecule has 2 aromatic carbocycles. The van der Waals surface area contributed by atoms with E-state index in [-0.39, 0.29) is 28.6 Å². The summed E-state index contributed by atoms with van der Waals surface area (Å²) < 4.78 is 10.2. The summed E-state index contributed by atoms with van der Waals surface area (Å²) in [5.41, 5.74) is 3.34. The van der Waals surface area contributed by atoms with Gasteiger partial charge in [0.05, 0.1) is 29.7 Å². The Bertz CT molecular complexity index is 945. The van der Waals surface area contributed by atoms with Crippen LogP contribution in [0.1, 0.15) is 11.1 Å². The summed E-state index contributed by atoms with van der Waals surface area (Å²) >= 11 is 6.09. The SMILES string of the molecule is COc1cc(/C=N\NC(=O)Cc2ccc([N+](=O)[O-])cc2)cc(Cl)c1OCC(=O)O. The molecule has 0 aliphatic carbocycles. The van der Waals surface area contributed by atoms with Crippen molar-refractivity contribution >= 4 is 35.4 Å². The van der Waals surface area contributed by atoms with Crippen LogP contribution in [0.2, 0.25) is 5.02 Å². The number of non-ortho nitro benzene ring substituents is 1. The number of nitro groups is 1. The number of ether oxygens (including phenoxy) is 2. The smallest absolute Gasteiger partial charge is 0.341 e. The van der Waals surface area contributed by atoms with Crippen molar-refractivity contribution in [3.8, 4) is 11.5 Å². The maximum atomic E-state index is 11.9. The standard InChI is InChI=1S/C18H16ClN3O7/c1-28-15-7-12(6-14(19)18(15)29-10-17(24)25)9-20-21-16(23)8-11-2-4-13(5-3-11)22(26)27/h2-7,9H,8,10H2,1H3,(H,21,23)(H,24,25)/b20-9-. The number of benzene rings is 2. The van der Waals surface area contributed by atoms with E-state index in [4.69, 9.17) is 26.2 Å². The van der Waals surface area contributed by atoms with Crippen molar-refractivity contribution in [3.63, 3.8) is 0 Å². The number of carbonyl (C=O) groups is 2. The Labute approximate surface area is 169 Å². The van der Waals surface area contributed by atoms with Gasteiger partial charge in [0.15, 0.2) is 18.1 Å². The van der Waals surface area contributed by atoms with Gasteiger partial charge < -0.3 is 14.6 Å². The first-order valence-electron chi connectivity index (χ1n) is 8.07. The van der Waals surface area contributed by atoms with Crippen LogP contribution in [0.5, 0.6) is 11.5 Å². The van der Waals surface area contributed by atoms with Gasteiger partial charge in [0.2, 0.25) is 5.91 Å². The topological polar surface area (TPSA) is 140 Å². The number of carbonyl (C=O) groups excluding carboxylic acids is 1. The third-order valence-electron chi connectivity index (χ3n) is 3.51. The summed E-state index contributed by atoms with van der Waals surface area (Å²) in [6.45, 7) is -0.581. The lowest BCUT2D eigenvalue weighted by Gasteiger charge is -2.11. The van der Waals surface area contributed by atoms with E-state index in [0.29, 0.717) is 11.1 Å². The van der Waals surface area contributed by atoms with Crippen LogP contribution in [0.25, 0.3) is 0 Å². The lowest BCUT2D eigenvalue weighted by Crippen LogP contribution is -2.19. The lowest BCUT2D eigenvalue weighted by atomic mass is 10.1. The van der Waals surface area contributed by atoms with Crippen LogP contribution < -0.4 is 14.9 Å². The van der Waals surface area contributed by atoms with Crippen molar-refractivity contribution in [3.05, 3.63) is 62.7 Å². The van der Waals surface area contributed by atoms with Gasteiger partial charge in [0.1, 0.15) is 0 Å². The molecule has 11 heteroatoms. The van der Waals surface area contributed by atoms with Crippen LogP contribution in [0.15, 0.2) is 41.5 Å². The van der Waals surface area contributed by atoms with Crippen LogP contribution in [0, 0.1) is 10.1 Å². The van der Waals surface area contributed by atoms with Crippen molar-refractivity contribution in [1.29, 1.82) is 0 Å². The van der Waals surface area contributed by atoms with Crippen LogP contribution in [-0.2, 0) is 16.0 Å². The molecule has 29 heavy (non-hydrogen) atoms. The van der Waals surface area contributed by atoms with Crippen LogP contribution in [0.4, 0.5) is 5.69 Å².